The lowest BCUT2D eigenvalue weighted by Gasteiger charge is -2.19. The van der Waals surface area contributed by atoms with Gasteiger partial charge in [-0.1, -0.05) is 0 Å². The van der Waals surface area contributed by atoms with Crippen LogP contribution >= 0.6 is 0 Å². The highest BCUT2D eigenvalue weighted by atomic mass is 16.5. The van der Waals surface area contributed by atoms with Crippen molar-refractivity contribution in [3.8, 4) is 11.5 Å². The molecule has 0 unspecified atom stereocenters. The van der Waals surface area contributed by atoms with E-state index in [-0.39, 0.29) is 6.03 Å². The number of rotatable bonds is 6. The largest absolute Gasteiger partial charge is 0.497 e. The summed E-state index contributed by atoms with van der Waals surface area (Å²) in [5.74, 6) is 1.40. The molecule has 0 spiro atoms. The molecule has 1 aromatic heterocycles. The number of H-pyrrole nitrogens is 1. The van der Waals surface area contributed by atoms with Gasteiger partial charge in [-0.05, 0) is 18.2 Å². The molecule has 0 saturated carbocycles. The maximum atomic E-state index is 12.1. The Morgan fingerprint density at radius 3 is 2.77 bits per heavy atom. The van der Waals surface area contributed by atoms with E-state index in [1.54, 1.807) is 38.4 Å². The second-order valence-electron chi connectivity index (χ2n) is 4.77. The second-order valence-corrected chi connectivity index (χ2v) is 4.77. The van der Waals surface area contributed by atoms with Gasteiger partial charge in [-0.25, -0.2) is 4.79 Å². The van der Waals surface area contributed by atoms with Crippen LogP contribution < -0.4 is 14.8 Å². The fourth-order valence-electron chi connectivity index (χ4n) is 2.00. The zero-order valence-corrected chi connectivity index (χ0v) is 12.9. The van der Waals surface area contributed by atoms with Crippen LogP contribution in [0.3, 0.4) is 0 Å². The number of methoxy groups -OCH3 is 2. The molecule has 1 aromatic carbocycles. The predicted octanol–water partition coefficient (Wildman–Crippen LogP) is 1.77. The molecule has 2 N–H and O–H groups in total. The molecule has 0 aliphatic carbocycles. The molecule has 2 aromatic rings. The fourth-order valence-corrected chi connectivity index (χ4v) is 2.00. The number of benzene rings is 1. The number of carbonyl (C=O) groups is 1. The highest BCUT2D eigenvalue weighted by Crippen LogP contribution is 2.25. The molecule has 2 rings (SSSR count). The van der Waals surface area contributed by atoms with E-state index in [0.717, 1.165) is 11.3 Å². The first-order chi connectivity index (χ1) is 10.6. The van der Waals surface area contributed by atoms with Gasteiger partial charge in [0, 0.05) is 24.9 Å². The van der Waals surface area contributed by atoms with Gasteiger partial charge in [0.2, 0.25) is 0 Å². The fraction of sp³-hybridized carbons (Fsp3) is 0.333. The first-order valence-electron chi connectivity index (χ1n) is 6.82. The van der Waals surface area contributed by atoms with Crippen molar-refractivity contribution in [2.24, 2.45) is 0 Å². The quantitative estimate of drug-likeness (QED) is 0.852. The van der Waals surface area contributed by atoms with Crippen molar-refractivity contribution in [2.45, 2.75) is 13.1 Å². The summed E-state index contributed by atoms with van der Waals surface area (Å²) in [6.07, 6.45) is 1.65. The molecular formula is C15H20N4O3. The average molecular weight is 304 g/mol. The summed E-state index contributed by atoms with van der Waals surface area (Å²) in [6.45, 7) is 0.838. The zero-order chi connectivity index (χ0) is 15.9. The van der Waals surface area contributed by atoms with Crippen LogP contribution in [0.1, 0.15) is 11.3 Å². The Bertz CT molecular complexity index is 613. The van der Waals surface area contributed by atoms with Crippen molar-refractivity contribution in [2.75, 3.05) is 21.3 Å². The van der Waals surface area contributed by atoms with Gasteiger partial charge < -0.3 is 19.7 Å². The van der Waals surface area contributed by atoms with Gasteiger partial charge in [0.1, 0.15) is 11.5 Å². The third-order valence-electron chi connectivity index (χ3n) is 3.24. The first kappa shape index (κ1) is 15.7. The molecule has 22 heavy (non-hydrogen) atoms. The number of ether oxygens (including phenoxy) is 2. The van der Waals surface area contributed by atoms with Gasteiger partial charge >= 0.3 is 6.03 Å². The average Bonchev–Trinajstić information content (AvgIpc) is 3.06. The van der Waals surface area contributed by atoms with Crippen LogP contribution in [0.15, 0.2) is 30.5 Å². The third kappa shape index (κ3) is 3.91. The highest BCUT2D eigenvalue weighted by molar-refractivity contribution is 5.73. The molecule has 2 amide bonds. The molecule has 0 radical (unpaired) electrons. The second kappa shape index (κ2) is 7.35. The van der Waals surface area contributed by atoms with Gasteiger partial charge in [-0.15, -0.1) is 0 Å². The van der Waals surface area contributed by atoms with Crippen LogP contribution in [0.2, 0.25) is 0 Å². The Morgan fingerprint density at radius 2 is 2.14 bits per heavy atom. The van der Waals surface area contributed by atoms with Crippen molar-refractivity contribution >= 4 is 6.03 Å². The minimum atomic E-state index is -0.174. The predicted molar refractivity (Wildman–Crippen MR) is 81.8 cm³/mol. The Balaban J connectivity index is 1.95. The number of carbonyl (C=O) groups excluding carboxylic acids is 1. The van der Waals surface area contributed by atoms with Crippen molar-refractivity contribution < 1.29 is 14.3 Å². The Morgan fingerprint density at radius 1 is 1.32 bits per heavy atom. The third-order valence-corrected chi connectivity index (χ3v) is 3.24. The van der Waals surface area contributed by atoms with E-state index >= 15 is 0 Å². The van der Waals surface area contributed by atoms with Gasteiger partial charge in [0.15, 0.2) is 0 Å². The minimum absolute atomic E-state index is 0.174. The normalized spacial score (nSPS) is 10.1. The Kier molecular flexibility index (Phi) is 5.24. The number of aromatic amines is 1. The molecule has 0 aliphatic heterocycles. The van der Waals surface area contributed by atoms with Gasteiger partial charge in [-0.3, -0.25) is 5.10 Å². The Hall–Kier alpha value is -2.70. The van der Waals surface area contributed by atoms with Crippen LogP contribution in [0.4, 0.5) is 4.79 Å². The van der Waals surface area contributed by atoms with E-state index < -0.39 is 0 Å². The van der Waals surface area contributed by atoms with E-state index in [1.807, 2.05) is 18.2 Å². The maximum absolute atomic E-state index is 12.1. The summed E-state index contributed by atoms with van der Waals surface area (Å²) in [5.41, 5.74) is 1.76. The highest BCUT2D eigenvalue weighted by Gasteiger charge is 2.12. The number of hydrogen-bond acceptors (Lipinski definition) is 4. The maximum Gasteiger partial charge on any atom is 0.317 e. The molecule has 7 heteroatoms. The number of hydrogen-bond donors (Lipinski definition) is 2. The summed E-state index contributed by atoms with van der Waals surface area (Å²) in [4.78, 5) is 13.7. The lowest BCUT2D eigenvalue weighted by molar-refractivity contribution is 0.205. The van der Waals surface area contributed by atoms with Crippen LogP contribution in [-0.2, 0) is 13.1 Å². The summed E-state index contributed by atoms with van der Waals surface area (Å²) < 4.78 is 10.5. The van der Waals surface area contributed by atoms with Gasteiger partial charge in [0.25, 0.3) is 0 Å². The molecule has 0 bridgehead atoms. The van der Waals surface area contributed by atoms with Crippen molar-refractivity contribution in [3.05, 3.63) is 41.7 Å². The van der Waals surface area contributed by atoms with Crippen LogP contribution in [0, 0.1) is 0 Å². The number of nitrogens with one attached hydrogen (secondary N) is 2. The zero-order valence-electron chi connectivity index (χ0n) is 12.9. The summed E-state index contributed by atoms with van der Waals surface area (Å²) in [6, 6.07) is 7.16. The molecule has 118 valence electrons. The van der Waals surface area contributed by atoms with E-state index in [9.17, 15) is 4.79 Å². The van der Waals surface area contributed by atoms with Crippen molar-refractivity contribution in [1.29, 1.82) is 0 Å². The summed E-state index contributed by atoms with van der Waals surface area (Å²) >= 11 is 0. The first-order valence-corrected chi connectivity index (χ1v) is 6.82. The topological polar surface area (TPSA) is 79.5 Å². The minimum Gasteiger partial charge on any atom is -0.497 e. The van der Waals surface area contributed by atoms with Crippen LogP contribution in [-0.4, -0.2) is 42.4 Å². The van der Waals surface area contributed by atoms with E-state index in [4.69, 9.17) is 9.47 Å². The van der Waals surface area contributed by atoms with Gasteiger partial charge in [0.05, 0.1) is 33.0 Å². The van der Waals surface area contributed by atoms with Gasteiger partial charge in [-0.2, -0.15) is 5.10 Å². The Labute approximate surface area is 129 Å². The lowest BCUT2D eigenvalue weighted by atomic mass is 10.2. The summed E-state index contributed by atoms with van der Waals surface area (Å²) in [7, 11) is 4.92. The van der Waals surface area contributed by atoms with Crippen molar-refractivity contribution in [1.82, 2.24) is 20.4 Å². The molecule has 0 fully saturated rings. The van der Waals surface area contributed by atoms with E-state index in [0.29, 0.717) is 24.6 Å². The molecule has 1 heterocycles. The number of urea groups is 1. The number of aromatic nitrogens is 2. The summed E-state index contributed by atoms with van der Waals surface area (Å²) in [5, 5.41) is 9.44. The van der Waals surface area contributed by atoms with Crippen LogP contribution in [0.5, 0.6) is 11.5 Å². The standard InChI is InChI=1S/C15H20N4O3/c1-19(15(20)16-9-12-6-7-17-18-12)10-11-4-5-13(21-2)8-14(11)22-3/h4-8H,9-10H2,1-3H3,(H,16,20)(H,17,18). The van der Waals surface area contributed by atoms with Crippen LogP contribution in [0.25, 0.3) is 0 Å². The van der Waals surface area contributed by atoms with Crippen molar-refractivity contribution in [3.63, 3.8) is 0 Å². The number of amides is 2. The van der Waals surface area contributed by atoms with E-state index in [1.165, 1.54) is 0 Å². The number of nitrogens with zero attached hydrogens (tertiary/aromatic N) is 2. The monoisotopic (exact) mass is 304 g/mol. The molecular weight excluding hydrogens is 284 g/mol. The van der Waals surface area contributed by atoms with E-state index in [2.05, 4.69) is 15.5 Å². The molecule has 0 aliphatic rings. The SMILES string of the molecule is COc1ccc(CN(C)C(=O)NCc2ccn[nH]2)c(OC)c1. The molecule has 0 atom stereocenters. The molecule has 0 saturated heterocycles. The molecule has 7 nitrogen and oxygen atoms in total. The lowest BCUT2D eigenvalue weighted by Crippen LogP contribution is -2.36. The smallest absolute Gasteiger partial charge is 0.317 e.